The number of rotatable bonds is 62. The van der Waals surface area contributed by atoms with Crippen LogP contribution in [0, 0.1) is 0 Å². The van der Waals surface area contributed by atoms with E-state index in [-0.39, 0.29) is 37.5 Å². The number of carbonyl (C=O) groups excluding carboxylic acids is 3. The average Bonchev–Trinajstić information content (AvgIpc) is 3.49. The van der Waals surface area contributed by atoms with Gasteiger partial charge < -0.3 is 14.2 Å². The molecular formula is C77H128O6. The summed E-state index contributed by atoms with van der Waals surface area (Å²) in [7, 11) is 0. The highest BCUT2D eigenvalue weighted by Crippen LogP contribution is 2.16. The van der Waals surface area contributed by atoms with Crippen LogP contribution < -0.4 is 0 Å². The van der Waals surface area contributed by atoms with Crippen LogP contribution in [0.25, 0.3) is 0 Å². The second-order valence-electron chi connectivity index (χ2n) is 22.7. The molecule has 0 radical (unpaired) electrons. The molecule has 0 spiro atoms. The number of carbonyl (C=O) groups is 3. The van der Waals surface area contributed by atoms with Gasteiger partial charge in [0.25, 0.3) is 0 Å². The van der Waals surface area contributed by atoms with Gasteiger partial charge in [0.05, 0.1) is 0 Å². The Morgan fingerprint density at radius 1 is 0.253 bits per heavy atom. The first-order chi connectivity index (χ1) is 41.0. The van der Waals surface area contributed by atoms with Gasteiger partial charge in [0, 0.05) is 19.3 Å². The van der Waals surface area contributed by atoms with Gasteiger partial charge in [-0.05, 0) is 122 Å². The standard InChI is InChI=1S/C77H128O6/c1-4-7-10-13-16-19-22-25-27-29-31-33-35-37-38-40-41-43-45-47-49-52-55-58-61-64-67-70-76(79)82-73-74(72-81-75(78)69-66-63-60-57-54-51-24-21-18-15-12-9-6-3)83-77(80)71-68-65-62-59-56-53-50-48-46-44-42-39-36-34-32-30-28-26-23-20-17-14-11-8-5-2/h7,9-10,12,16,18-19,21,23,25-27,30-33,37-38,51,54,60,63,74H,4-6,8,11,13-15,17,20,22,24,28-29,34-36,39-50,52-53,55-59,61-62,64-73H2,1-3H3/b10-7-,12-9-,19-16-,21-18-,26-23-,27-25-,32-30-,33-31-,38-37-,54-51-,63-60-. The zero-order valence-electron chi connectivity index (χ0n) is 54.2. The minimum absolute atomic E-state index is 0.104. The molecule has 472 valence electrons. The smallest absolute Gasteiger partial charge is 0.306 e. The van der Waals surface area contributed by atoms with E-state index in [1.54, 1.807) is 0 Å². The maximum Gasteiger partial charge on any atom is 0.306 e. The van der Waals surface area contributed by atoms with E-state index in [1.807, 2.05) is 6.08 Å². The van der Waals surface area contributed by atoms with Crippen LogP contribution >= 0.6 is 0 Å². The molecule has 6 heteroatoms. The number of hydrogen-bond acceptors (Lipinski definition) is 6. The summed E-state index contributed by atoms with van der Waals surface area (Å²) in [5.41, 5.74) is 0. The van der Waals surface area contributed by atoms with E-state index in [4.69, 9.17) is 14.2 Å². The Morgan fingerprint density at radius 2 is 0.494 bits per heavy atom. The molecule has 0 N–H and O–H groups in total. The van der Waals surface area contributed by atoms with Crippen LogP contribution in [-0.2, 0) is 28.6 Å². The summed E-state index contributed by atoms with van der Waals surface area (Å²) in [6.07, 6.45) is 99.2. The zero-order chi connectivity index (χ0) is 59.9. The van der Waals surface area contributed by atoms with Crippen molar-refractivity contribution in [3.63, 3.8) is 0 Å². The Hall–Kier alpha value is -4.45. The molecule has 0 bridgehead atoms. The predicted octanol–water partition coefficient (Wildman–Crippen LogP) is 24.1. The molecule has 0 aromatic heterocycles. The van der Waals surface area contributed by atoms with Gasteiger partial charge in [0.2, 0.25) is 0 Å². The number of esters is 3. The maximum atomic E-state index is 12.9. The van der Waals surface area contributed by atoms with Gasteiger partial charge in [-0.15, -0.1) is 0 Å². The summed E-state index contributed by atoms with van der Waals surface area (Å²) in [6, 6.07) is 0. The van der Waals surface area contributed by atoms with Crippen LogP contribution in [0.1, 0.15) is 316 Å². The van der Waals surface area contributed by atoms with Crippen molar-refractivity contribution in [1.82, 2.24) is 0 Å². The lowest BCUT2D eigenvalue weighted by molar-refractivity contribution is -0.166. The topological polar surface area (TPSA) is 78.9 Å². The van der Waals surface area contributed by atoms with Gasteiger partial charge in [-0.25, -0.2) is 0 Å². The third-order valence-corrected chi connectivity index (χ3v) is 14.6. The lowest BCUT2D eigenvalue weighted by atomic mass is 10.0. The van der Waals surface area contributed by atoms with Crippen LogP contribution in [0.5, 0.6) is 0 Å². The first kappa shape index (κ1) is 78.5. The van der Waals surface area contributed by atoms with Crippen LogP contribution in [0.15, 0.2) is 134 Å². The SMILES string of the molecule is CC/C=C\C/C=C\C/C=C\C/C=C\C/C=C\CCCCCCCCCCCCCC(=O)OCC(COC(=O)CC/C=C\C/C=C\C/C=C\C/C=C\CC)OC(=O)CCCCCCCCCCCCCCC/C=C\C/C=C\CCCCCCC. The van der Waals surface area contributed by atoms with E-state index < -0.39 is 6.10 Å². The molecule has 0 aliphatic heterocycles. The van der Waals surface area contributed by atoms with Crippen molar-refractivity contribution < 1.29 is 28.6 Å². The van der Waals surface area contributed by atoms with Crippen molar-refractivity contribution in [2.75, 3.05) is 13.2 Å². The van der Waals surface area contributed by atoms with Gasteiger partial charge in [-0.2, -0.15) is 0 Å². The summed E-state index contributed by atoms with van der Waals surface area (Å²) in [4.78, 5) is 38.4. The van der Waals surface area contributed by atoms with Gasteiger partial charge in [0.1, 0.15) is 13.2 Å². The summed E-state index contributed by atoms with van der Waals surface area (Å²) in [6.45, 7) is 6.36. The molecule has 0 heterocycles. The van der Waals surface area contributed by atoms with Crippen LogP contribution in [0.4, 0.5) is 0 Å². The third-order valence-electron chi connectivity index (χ3n) is 14.6. The molecule has 1 atom stereocenters. The van der Waals surface area contributed by atoms with Gasteiger partial charge in [-0.3, -0.25) is 14.4 Å². The monoisotopic (exact) mass is 1150 g/mol. The van der Waals surface area contributed by atoms with Crippen molar-refractivity contribution in [1.29, 1.82) is 0 Å². The maximum absolute atomic E-state index is 12.9. The molecule has 6 nitrogen and oxygen atoms in total. The number of ether oxygens (including phenoxy) is 3. The molecule has 0 aromatic rings. The second-order valence-corrected chi connectivity index (χ2v) is 22.7. The Balaban J connectivity index is 4.33. The summed E-state index contributed by atoms with van der Waals surface area (Å²) >= 11 is 0. The molecule has 0 fully saturated rings. The molecule has 0 aliphatic rings. The van der Waals surface area contributed by atoms with Gasteiger partial charge >= 0.3 is 17.9 Å². The van der Waals surface area contributed by atoms with Crippen molar-refractivity contribution in [3.8, 4) is 0 Å². The fraction of sp³-hybridized carbons (Fsp3) is 0.675. The third kappa shape index (κ3) is 68.2. The van der Waals surface area contributed by atoms with E-state index in [2.05, 4.69) is 148 Å². The van der Waals surface area contributed by atoms with Crippen molar-refractivity contribution in [3.05, 3.63) is 134 Å². The van der Waals surface area contributed by atoms with Gasteiger partial charge in [-0.1, -0.05) is 309 Å². The highest BCUT2D eigenvalue weighted by molar-refractivity contribution is 5.71. The number of hydrogen-bond donors (Lipinski definition) is 0. The van der Waals surface area contributed by atoms with E-state index in [1.165, 1.54) is 167 Å². The molecule has 0 saturated carbocycles. The number of allylic oxidation sites excluding steroid dienone is 22. The number of unbranched alkanes of at least 4 members (excludes halogenated alkanes) is 29. The predicted molar refractivity (Wildman–Crippen MR) is 362 cm³/mol. The Kier molecular flexibility index (Phi) is 66.3. The van der Waals surface area contributed by atoms with Crippen LogP contribution in [-0.4, -0.2) is 37.2 Å². The van der Waals surface area contributed by atoms with Crippen molar-refractivity contribution >= 4 is 17.9 Å². The highest BCUT2D eigenvalue weighted by atomic mass is 16.6. The molecule has 0 aliphatic carbocycles. The zero-order valence-corrected chi connectivity index (χ0v) is 54.2. The lowest BCUT2D eigenvalue weighted by Gasteiger charge is -2.18. The van der Waals surface area contributed by atoms with Crippen molar-refractivity contribution in [2.24, 2.45) is 0 Å². The second kappa shape index (κ2) is 70.0. The first-order valence-corrected chi connectivity index (χ1v) is 34.7. The van der Waals surface area contributed by atoms with E-state index in [0.29, 0.717) is 19.3 Å². The molecular weight excluding hydrogens is 1020 g/mol. The highest BCUT2D eigenvalue weighted by Gasteiger charge is 2.19. The Morgan fingerprint density at radius 3 is 0.807 bits per heavy atom. The molecule has 1 unspecified atom stereocenters. The van der Waals surface area contributed by atoms with E-state index >= 15 is 0 Å². The summed E-state index contributed by atoms with van der Waals surface area (Å²) in [5.74, 6) is -0.985. The minimum Gasteiger partial charge on any atom is -0.462 e. The Labute approximate surface area is 513 Å². The summed E-state index contributed by atoms with van der Waals surface area (Å²) in [5, 5.41) is 0. The largest absolute Gasteiger partial charge is 0.462 e. The molecule has 0 aromatic carbocycles. The molecule has 0 saturated heterocycles. The molecule has 0 amide bonds. The first-order valence-electron chi connectivity index (χ1n) is 34.7. The van der Waals surface area contributed by atoms with Crippen molar-refractivity contribution in [2.45, 2.75) is 322 Å². The fourth-order valence-corrected chi connectivity index (χ4v) is 9.52. The Bertz CT molecular complexity index is 1750. The normalized spacial score (nSPS) is 13.0. The quantitative estimate of drug-likeness (QED) is 0.0261. The van der Waals surface area contributed by atoms with E-state index in [0.717, 1.165) is 103 Å². The lowest BCUT2D eigenvalue weighted by Crippen LogP contribution is -2.30. The average molecular weight is 1150 g/mol. The summed E-state index contributed by atoms with van der Waals surface area (Å²) < 4.78 is 16.9. The fourth-order valence-electron chi connectivity index (χ4n) is 9.52. The minimum atomic E-state index is -0.814. The van der Waals surface area contributed by atoms with Crippen LogP contribution in [0.2, 0.25) is 0 Å². The van der Waals surface area contributed by atoms with Crippen LogP contribution in [0.3, 0.4) is 0 Å². The van der Waals surface area contributed by atoms with E-state index in [9.17, 15) is 14.4 Å². The molecule has 0 rings (SSSR count). The molecule has 83 heavy (non-hydrogen) atoms. The van der Waals surface area contributed by atoms with Gasteiger partial charge in [0.15, 0.2) is 6.10 Å².